The summed E-state index contributed by atoms with van der Waals surface area (Å²) >= 11 is 0. The molecule has 4 heteroatoms. The van der Waals surface area contributed by atoms with E-state index in [-0.39, 0.29) is 18.4 Å². The summed E-state index contributed by atoms with van der Waals surface area (Å²) in [7, 11) is 0. The first-order chi connectivity index (χ1) is 9.75. The standard InChI is InChI=1S/C16H20N2O2/c19-14-11-17-16(20)15(13-7-2-1-3-8-13)18(14)10-9-12-5-4-6-12/h1-3,7-8,12,15H,4-6,9-11H2,(H,17,20). The van der Waals surface area contributed by atoms with Crippen LogP contribution in [0, 0.1) is 5.92 Å². The molecule has 1 aliphatic heterocycles. The molecular weight excluding hydrogens is 252 g/mol. The van der Waals surface area contributed by atoms with E-state index in [2.05, 4.69) is 5.32 Å². The van der Waals surface area contributed by atoms with E-state index in [1.54, 1.807) is 4.90 Å². The van der Waals surface area contributed by atoms with Crippen LogP contribution in [0.4, 0.5) is 0 Å². The first kappa shape index (κ1) is 13.2. The van der Waals surface area contributed by atoms with Crippen molar-refractivity contribution >= 4 is 11.8 Å². The zero-order chi connectivity index (χ0) is 13.9. The Labute approximate surface area is 119 Å². The summed E-state index contributed by atoms with van der Waals surface area (Å²) in [5.74, 6) is 0.700. The molecule has 0 aromatic heterocycles. The number of carbonyl (C=O) groups excluding carboxylic acids is 2. The second-order valence-electron chi connectivity index (χ2n) is 5.70. The lowest BCUT2D eigenvalue weighted by atomic mass is 9.82. The number of hydrogen-bond acceptors (Lipinski definition) is 2. The Kier molecular flexibility index (Phi) is 3.72. The van der Waals surface area contributed by atoms with Gasteiger partial charge in [0.15, 0.2) is 0 Å². The fourth-order valence-electron chi connectivity index (χ4n) is 2.97. The van der Waals surface area contributed by atoms with Crippen molar-refractivity contribution in [1.82, 2.24) is 10.2 Å². The molecule has 4 nitrogen and oxygen atoms in total. The van der Waals surface area contributed by atoms with E-state index in [1.165, 1.54) is 19.3 Å². The number of nitrogens with one attached hydrogen (secondary N) is 1. The first-order valence-corrected chi connectivity index (χ1v) is 7.38. The third kappa shape index (κ3) is 2.55. The quantitative estimate of drug-likeness (QED) is 0.909. The Balaban J connectivity index is 1.77. The van der Waals surface area contributed by atoms with Gasteiger partial charge in [-0.2, -0.15) is 0 Å². The molecule has 2 fully saturated rings. The summed E-state index contributed by atoms with van der Waals surface area (Å²) < 4.78 is 0. The van der Waals surface area contributed by atoms with Crippen molar-refractivity contribution in [1.29, 1.82) is 0 Å². The van der Waals surface area contributed by atoms with Crippen molar-refractivity contribution in [2.24, 2.45) is 5.92 Å². The molecule has 2 aliphatic rings. The van der Waals surface area contributed by atoms with Crippen molar-refractivity contribution in [3.63, 3.8) is 0 Å². The number of rotatable bonds is 4. The number of benzene rings is 1. The molecule has 1 atom stereocenters. The molecule has 0 radical (unpaired) electrons. The van der Waals surface area contributed by atoms with Crippen LogP contribution in [0.15, 0.2) is 30.3 Å². The second-order valence-corrected chi connectivity index (χ2v) is 5.70. The van der Waals surface area contributed by atoms with Gasteiger partial charge in [0.05, 0.1) is 6.54 Å². The van der Waals surface area contributed by atoms with E-state index in [0.717, 1.165) is 17.9 Å². The molecule has 1 N–H and O–H groups in total. The number of hydrogen-bond donors (Lipinski definition) is 1. The predicted octanol–water partition coefficient (Wildman–Crippen LogP) is 1.88. The van der Waals surface area contributed by atoms with Crippen LogP contribution < -0.4 is 5.32 Å². The molecule has 3 rings (SSSR count). The van der Waals surface area contributed by atoms with E-state index >= 15 is 0 Å². The molecule has 1 aromatic carbocycles. The van der Waals surface area contributed by atoms with Crippen molar-refractivity contribution < 1.29 is 9.59 Å². The number of piperazine rings is 1. The molecule has 2 amide bonds. The summed E-state index contributed by atoms with van der Waals surface area (Å²) in [6.07, 6.45) is 4.86. The predicted molar refractivity (Wildman–Crippen MR) is 75.9 cm³/mol. The minimum atomic E-state index is -0.461. The topological polar surface area (TPSA) is 49.4 Å². The largest absolute Gasteiger partial charge is 0.345 e. The second kappa shape index (κ2) is 5.65. The highest BCUT2D eigenvalue weighted by Gasteiger charge is 2.35. The van der Waals surface area contributed by atoms with Gasteiger partial charge in [0.25, 0.3) is 0 Å². The van der Waals surface area contributed by atoms with E-state index < -0.39 is 6.04 Å². The monoisotopic (exact) mass is 272 g/mol. The summed E-state index contributed by atoms with van der Waals surface area (Å²) in [5.41, 5.74) is 0.895. The maximum atomic E-state index is 12.2. The zero-order valence-corrected chi connectivity index (χ0v) is 11.5. The molecule has 1 saturated carbocycles. The van der Waals surface area contributed by atoms with Gasteiger partial charge in [0.1, 0.15) is 6.04 Å². The molecular formula is C16H20N2O2. The van der Waals surface area contributed by atoms with Crippen LogP contribution in [0.3, 0.4) is 0 Å². The third-order valence-electron chi connectivity index (χ3n) is 4.41. The van der Waals surface area contributed by atoms with Gasteiger partial charge in [-0.15, -0.1) is 0 Å². The minimum absolute atomic E-state index is 0.0257. The van der Waals surface area contributed by atoms with Crippen molar-refractivity contribution in [3.8, 4) is 0 Å². The molecule has 1 unspecified atom stereocenters. The average molecular weight is 272 g/mol. The van der Waals surface area contributed by atoms with Crippen LogP contribution in [0.25, 0.3) is 0 Å². The minimum Gasteiger partial charge on any atom is -0.345 e. The molecule has 1 heterocycles. The van der Waals surface area contributed by atoms with Crippen LogP contribution in [0.2, 0.25) is 0 Å². The summed E-state index contributed by atoms with van der Waals surface area (Å²) in [6, 6.07) is 9.11. The van der Waals surface area contributed by atoms with Gasteiger partial charge in [0, 0.05) is 6.54 Å². The van der Waals surface area contributed by atoms with Crippen LogP contribution in [0.5, 0.6) is 0 Å². The maximum Gasteiger partial charge on any atom is 0.247 e. The SMILES string of the molecule is O=C1NCC(=O)N(CCC2CCC2)C1c1ccccc1. The van der Waals surface area contributed by atoms with E-state index in [4.69, 9.17) is 0 Å². The van der Waals surface area contributed by atoms with Gasteiger partial charge in [-0.3, -0.25) is 9.59 Å². The highest BCUT2D eigenvalue weighted by Crippen LogP contribution is 2.31. The van der Waals surface area contributed by atoms with Crippen molar-refractivity contribution in [2.75, 3.05) is 13.1 Å². The van der Waals surface area contributed by atoms with Gasteiger partial charge in [0.2, 0.25) is 11.8 Å². The van der Waals surface area contributed by atoms with Crippen LogP contribution in [0.1, 0.15) is 37.3 Å². The zero-order valence-electron chi connectivity index (χ0n) is 11.5. The fourth-order valence-corrected chi connectivity index (χ4v) is 2.97. The molecule has 20 heavy (non-hydrogen) atoms. The van der Waals surface area contributed by atoms with E-state index in [1.807, 2.05) is 30.3 Å². The van der Waals surface area contributed by atoms with Crippen molar-refractivity contribution in [2.45, 2.75) is 31.7 Å². The molecule has 1 saturated heterocycles. The summed E-state index contributed by atoms with van der Waals surface area (Å²) in [6.45, 7) is 0.823. The fraction of sp³-hybridized carbons (Fsp3) is 0.500. The summed E-state index contributed by atoms with van der Waals surface area (Å²) in [5, 5.41) is 2.70. The Morgan fingerprint density at radius 2 is 1.90 bits per heavy atom. The maximum absolute atomic E-state index is 12.2. The molecule has 0 spiro atoms. The lowest BCUT2D eigenvalue weighted by Gasteiger charge is -2.37. The van der Waals surface area contributed by atoms with Gasteiger partial charge in [-0.25, -0.2) is 0 Å². The molecule has 1 aliphatic carbocycles. The third-order valence-corrected chi connectivity index (χ3v) is 4.41. The Bertz CT molecular complexity index is 496. The van der Waals surface area contributed by atoms with Crippen LogP contribution in [-0.4, -0.2) is 29.8 Å². The van der Waals surface area contributed by atoms with Gasteiger partial charge >= 0.3 is 0 Å². The van der Waals surface area contributed by atoms with Crippen molar-refractivity contribution in [3.05, 3.63) is 35.9 Å². The first-order valence-electron chi connectivity index (χ1n) is 7.38. The van der Waals surface area contributed by atoms with E-state index in [0.29, 0.717) is 6.54 Å². The smallest absolute Gasteiger partial charge is 0.247 e. The van der Waals surface area contributed by atoms with Crippen LogP contribution >= 0.6 is 0 Å². The average Bonchev–Trinajstić information content (AvgIpc) is 2.42. The lowest BCUT2D eigenvalue weighted by Crippen LogP contribution is -2.54. The Hall–Kier alpha value is -1.84. The molecule has 0 bridgehead atoms. The van der Waals surface area contributed by atoms with Gasteiger partial charge < -0.3 is 10.2 Å². The number of nitrogens with zero attached hydrogens (tertiary/aromatic N) is 1. The van der Waals surface area contributed by atoms with Gasteiger partial charge in [-0.05, 0) is 17.9 Å². The normalized spacial score (nSPS) is 23.4. The highest BCUT2D eigenvalue weighted by molar-refractivity contribution is 5.95. The Morgan fingerprint density at radius 1 is 1.15 bits per heavy atom. The number of carbonyl (C=O) groups is 2. The van der Waals surface area contributed by atoms with Gasteiger partial charge in [-0.1, -0.05) is 49.6 Å². The Morgan fingerprint density at radius 3 is 2.55 bits per heavy atom. The molecule has 1 aromatic rings. The highest BCUT2D eigenvalue weighted by atomic mass is 16.2. The lowest BCUT2D eigenvalue weighted by molar-refractivity contribution is -0.146. The van der Waals surface area contributed by atoms with E-state index in [9.17, 15) is 9.59 Å². The number of amides is 2. The molecule has 106 valence electrons. The summed E-state index contributed by atoms with van der Waals surface area (Å²) in [4.78, 5) is 26.1. The van der Waals surface area contributed by atoms with Crippen LogP contribution in [-0.2, 0) is 9.59 Å².